The van der Waals surface area contributed by atoms with Crippen LogP contribution >= 0.6 is 0 Å². The Kier molecular flexibility index (Phi) is 3.72. The summed E-state index contributed by atoms with van der Waals surface area (Å²) < 4.78 is 17.6. The zero-order valence-corrected chi connectivity index (χ0v) is 14.8. The summed E-state index contributed by atoms with van der Waals surface area (Å²) in [6.45, 7) is 9.19. The van der Waals surface area contributed by atoms with Gasteiger partial charge in [0, 0.05) is 23.0 Å². The highest BCUT2D eigenvalue weighted by Crippen LogP contribution is 2.70. The zero-order chi connectivity index (χ0) is 17.9. The van der Waals surface area contributed by atoms with E-state index in [1.165, 1.54) is 6.08 Å². The number of carbonyl (C=O) groups is 1. The van der Waals surface area contributed by atoms with Gasteiger partial charge in [0.1, 0.15) is 0 Å². The van der Waals surface area contributed by atoms with Crippen LogP contribution in [0.5, 0.6) is 0 Å². The van der Waals surface area contributed by atoms with Gasteiger partial charge in [-0.05, 0) is 45.8 Å². The lowest BCUT2D eigenvalue weighted by Crippen LogP contribution is -2.52. The molecule has 1 aliphatic heterocycles. The molecule has 0 bridgehead atoms. The molecule has 24 heavy (non-hydrogen) atoms. The van der Waals surface area contributed by atoms with Crippen LogP contribution in [0.1, 0.15) is 41.0 Å². The molecule has 1 spiro atoms. The predicted octanol–water partition coefficient (Wildman–Crippen LogP) is 2.30. The molecule has 0 radical (unpaired) electrons. The fraction of sp³-hybridized carbons (Fsp3) is 0.632. The van der Waals surface area contributed by atoms with Gasteiger partial charge in [-0.1, -0.05) is 12.8 Å². The summed E-state index contributed by atoms with van der Waals surface area (Å²) in [6.07, 6.45) is 8.79. The van der Waals surface area contributed by atoms with Gasteiger partial charge in [0.05, 0.1) is 12.2 Å². The molecule has 0 aromatic rings. The second-order valence-corrected chi connectivity index (χ2v) is 7.41. The molecule has 1 saturated heterocycles. The summed E-state index contributed by atoms with van der Waals surface area (Å²) >= 11 is 0. The van der Waals surface area contributed by atoms with Crippen LogP contribution in [-0.4, -0.2) is 34.9 Å². The van der Waals surface area contributed by atoms with E-state index in [2.05, 4.69) is 5.92 Å². The standard InChI is InChI=1S/C19H24O5/c1-7-11(2)8-16(20)24-19(21)12(3)9-18(15-10-17(15,19)6)22-13(4)14(5)23-18/h1,8-9,13-15,21H,10H2,2-6H3. The van der Waals surface area contributed by atoms with E-state index in [-0.39, 0.29) is 18.1 Å². The molecule has 1 heterocycles. The monoisotopic (exact) mass is 332 g/mol. The minimum atomic E-state index is -1.69. The number of carbonyl (C=O) groups excluding carboxylic acids is 1. The fourth-order valence-electron chi connectivity index (χ4n) is 3.90. The van der Waals surface area contributed by atoms with Crippen LogP contribution in [-0.2, 0) is 19.0 Å². The van der Waals surface area contributed by atoms with Crippen LogP contribution in [0.2, 0.25) is 0 Å². The molecule has 5 heteroatoms. The third kappa shape index (κ3) is 2.25. The Morgan fingerprint density at radius 3 is 2.58 bits per heavy atom. The third-order valence-electron chi connectivity index (χ3n) is 5.66. The number of esters is 1. The quantitative estimate of drug-likeness (QED) is 0.276. The highest BCUT2D eigenvalue weighted by Gasteiger charge is 2.77. The molecule has 0 aromatic heterocycles. The van der Waals surface area contributed by atoms with Crippen molar-refractivity contribution in [1.29, 1.82) is 0 Å². The van der Waals surface area contributed by atoms with E-state index in [0.717, 1.165) is 0 Å². The highest BCUT2D eigenvalue weighted by molar-refractivity contribution is 5.84. The Bertz CT molecular complexity index is 674. The number of terminal acetylenes is 1. The Hall–Kier alpha value is -1.61. The van der Waals surface area contributed by atoms with Crippen LogP contribution in [0.4, 0.5) is 0 Å². The molecule has 5 nitrogen and oxygen atoms in total. The lowest BCUT2D eigenvalue weighted by Gasteiger charge is -2.42. The van der Waals surface area contributed by atoms with Gasteiger partial charge in [-0.25, -0.2) is 4.79 Å². The van der Waals surface area contributed by atoms with Crippen LogP contribution in [0.15, 0.2) is 23.3 Å². The molecule has 5 unspecified atom stereocenters. The topological polar surface area (TPSA) is 65.0 Å². The number of rotatable bonds is 2. The molecule has 1 saturated carbocycles. The van der Waals surface area contributed by atoms with E-state index in [1.807, 2.05) is 20.8 Å². The molecule has 2 aliphatic carbocycles. The number of hydrogen-bond donors (Lipinski definition) is 1. The van der Waals surface area contributed by atoms with Gasteiger partial charge in [0.25, 0.3) is 0 Å². The second kappa shape index (κ2) is 5.19. The van der Waals surface area contributed by atoms with Crippen LogP contribution in [0.25, 0.3) is 0 Å². The van der Waals surface area contributed by atoms with Crippen molar-refractivity contribution in [2.75, 3.05) is 0 Å². The Labute approximate surface area is 142 Å². The lowest BCUT2D eigenvalue weighted by atomic mass is 9.80. The molecule has 5 atom stereocenters. The smallest absolute Gasteiger partial charge is 0.334 e. The van der Waals surface area contributed by atoms with Gasteiger partial charge in [0.2, 0.25) is 5.79 Å². The molecule has 3 rings (SSSR count). The summed E-state index contributed by atoms with van der Waals surface area (Å²) in [5, 5.41) is 11.1. The van der Waals surface area contributed by atoms with E-state index >= 15 is 0 Å². The minimum absolute atomic E-state index is 0.0335. The average molecular weight is 332 g/mol. The van der Waals surface area contributed by atoms with Crippen LogP contribution in [0.3, 0.4) is 0 Å². The fourth-order valence-corrected chi connectivity index (χ4v) is 3.90. The first-order valence-corrected chi connectivity index (χ1v) is 8.24. The van der Waals surface area contributed by atoms with Crippen molar-refractivity contribution < 1.29 is 24.1 Å². The first-order chi connectivity index (χ1) is 11.1. The summed E-state index contributed by atoms with van der Waals surface area (Å²) in [6, 6.07) is 0. The number of aliphatic hydroxyl groups is 1. The van der Waals surface area contributed by atoms with E-state index in [0.29, 0.717) is 17.6 Å². The summed E-state index contributed by atoms with van der Waals surface area (Å²) in [4.78, 5) is 12.1. The van der Waals surface area contributed by atoms with Crippen molar-refractivity contribution in [3.05, 3.63) is 23.3 Å². The van der Waals surface area contributed by atoms with Gasteiger partial charge < -0.3 is 19.3 Å². The minimum Gasteiger partial charge on any atom is -0.425 e. The largest absolute Gasteiger partial charge is 0.425 e. The van der Waals surface area contributed by atoms with Gasteiger partial charge in [-0.2, -0.15) is 0 Å². The molecule has 0 aromatic carbocycles. The van der Waals surface area contributed by atoms with Crippen molar-refractivity contribution in [1.82, 2.24) is 0 Å². The molecule has 3 aliphatic rings. The Balaban J connectivity index is 1.92. The number of allylic oxidation sites excluding steroid dienone is 1. The van der Waals surface area contributed by atoms with Crippen molar-refractivity contribution >= 4 is 5.97 Å². The molecule has 130 valence electrons. The van der Waals surface area contributed by atoms with E-state index in [1.54, 1.807) is 19.9 Å². The summed E-state index contributed by atoms with van der Waals surface area (Å²) in [5.74, 6) is -0.899. The van der Waals surface area contributed by atoms with Gasteiger partial charge >= 0.3 is 5.97 Å². The van der Waals surface area contributed by atoms with Crippen molar-refractivity contribution in [2.24, 2.45) is 11.3 Å². The molecule has 1 N–H and O–H groups in total. The molecule has 0 amide bonds. The zero-order valence-electron chi connectivity index (χ0n) is 14.8. The predicted molar refractivity (Wildman–Crippen MR) is 87.4 cm³/mol. The number of hydrogen-bond acceptors (Lipinski definition) is 5. The maximum Gasteiger partial charge on any atom is 0.334 e. The van der Waals surface area contributed by atoms with E-state index < -0.39 is 23.0 Å². The van der Waals surface area contributed by atoms with Gasteiger partial charge in [-0.3, -0.25) is 0 Å². The molecule has 2 fully saturated rings. The van der Waals surface area contributed by atoms with Crippen molar-refractivity contribution in [2.45, 2.75) is 64.8 Å². The average Bonchev–Trinajstić information content (AvgIpc) is 3.12. The first kappa shape index (κ1) is 17.2. The molecular weight excluding hydrogens is 308 g/mol. The summed E-state index contributed by atoms with van der Waals surface area (Å²) in [7, 11) is 0. The Morgan fingerprint density at radius 2 is 2.04 bits per heavy atom. The Morgan fingerprint density at radius 1 is 1.46 bits per heavy atom. The summed E-state index contributed by atoms with van der Waals surface area (Å²) in [5.41, 5.74) is 0.309. The SMILES string of the molecule is C#CC(C)=CC(=O)OC1(O)C(C)=CC2(OC(C)C(C)O2)C2CC21C. The highest BCUT2D eigenvalue weighted by atomic mass is 16.8. The van der Waals surface area contributed by atoms with Crippen LogP contribution in [0, 0.1) is 23.7 Å². The van der Waals surface area contributed by atoms with Crippen LogP contribution < -0.4 is 0 Å². The number of ether oxygens (including phenoxy) is 3. The maximum absolute atomic E-state index is 12.1. The van der Waals surface area contributed by atoms with Gasteiger partial charge in [0.15, 0.2) is 5.79 Å². The lowest BCUT2D eigenvalue weighted by molar-refractivity contribution is -0.241. The molecular formula is C19H24O5. The van der Waals surface area contributed by atoms with E-state index in [9.17, 15) is 9.90 Å². The van der Waals surface area contributed by atoms with Crippen molar-refractivity contribution in [3.8, 4) is 12.3 Å². The second-order valence-electron chi connectivity index (χ2n) is 7.41. The number of fused-ring (bicyclic) bond motifs is 2. The normalized spacial score (nSPS) is 47.0. The van der Waals surface area contributed by atoms with Gasteiger partial charge in [-0.15, -0.1) is 6.42 Å². The van der Waals surface area contributed by atoms with Crippen molar-refractivity contribution in [3.63, 3.8) is 0 Å². The maximum atomic E-state index is 12.1. The first-order valence-electron chi connectivity index (χ1n) is 8.24. The third-order valence-corrected chi connectivity index (χ3v) is 5.66. The van der Waals surface area contributed by atoms with E-state index in [4.69, 9.17) is 20.6 Å².